The molecular weight excluding hydrogens is 803 g/mol. The van der Waals surface area contributed by atoms with Crippen molar-refractivity contribution >= 4 is 50.2 Å². The van der Waals surface area contributed by atoms with E-state index in [0.717, 1.165) is 11.3 Å². The first kappa shape index (κ1) is 36.5. The topological polar surface area (TPSA) is 75.7 Å². The standard InChI is InChI=1S/C20H32NP.C13H9FNO4S.Au.ClH/c1-21(2)19-15-9-10-16-20(19)22(17-11-5-3-6-12-17)18-13-7-4-8-14-18;14-20(17,18)19-12-8-4-7-11(9-12)15-13(16)10-5-2-1-3-6-10;;/h9-10,15-18H,3-8,11-14H2,1-2H3;2-9H,(H,15,16);;1H/q;-1;+1;. The number of halogens is 2. The molecule has 11 heteroatoms. The number of anilines is 2. The van der Waals surface area contributed by atoms with Crippen molar-refractivity contribution in [2.75, 3.05) is 24.3 Å². The van der Waals surface area contributed by atoms with Crippen LogP contribution >= 0.6 is 17.1 Å². The second-order valence-corrected chi connectivity index (χ2v) is 15.3. The Hall–Kier alpha value is -1.93. The Kier molecular flexibility index (Phi) is 15.7. The van der Waals surface area contributed by atoms with Crippen LogP contribution in [0.25, 0.3) is 0 Å². The van der Waals surface area contributed by atoms with Crippen LogP contribution in [0.15, 0.2) is 72.8 Å². The Morgan fingerprint density at radius 2 is 1.48 bits per heavy atom. The van der Waals surface area contributed by atoms with Gasteiger partial charge in [0.15, 0.2) is 0 Å². The summed E-state index contributed by atoms with van der Waals surface area (Å²) in [5, 5.41) is 4.28. The molecular formula is C33H42AuClFN2O4PS. The molecule has 0 atom stereocenters. The van der Waals surface area contributed by atoms with E-state index in [0.29, 0.717) is 5.56 Å². The van der Waals surface area contributed by atoms with E-state index < -0.39 is 18.4 Å². The number of hydrogen-bond donors (Lipinski definition) is 1. The number of nitrogens with zero attached hydrogens (tertiary/aromatic N) is 1. The third-order valence-corrected chi connectivity index (χ3v) is 12.4. The molecule has 1 amide bonds. The average Bonchev–Trinajstić information content (AvgIpc) is 3.03. The van der Waals surface area contributed by atoms with Crippen molar-refractivity contribution in [2.45, 2.75) is 75.5 Å². The molecule has 1 N–H and O–H groups in total. The summed E-state index contributed by atoms with van der Waals surface area (Å²) in [7, 11) is 3.50. The van der Waals surface area contributed by atoms with Crippen LogP contribution in [0.2, 0.25) is 0 Å². The molecule has 2 aliphatic carbocycles. The first-order valence-corrected chi connectivity index (χ1v) is 20.6. The number of rotatable bonds is 8. The van der Waals surface area contributed by atoms with E-state index in [9.17, 15) is 17.1 Å². The Labute approximate surface area is 280 Å². The molecule has 0 aromatic heterocycles. The molecule has 0 radical (unpaired) electrons. The summed E-state index contributed by atoms with van der Waals surface area (Å²) in [4.78, 5) is 14.2. The molecule has 5 rings (SSSR count). The van der Waals surface area contributed by atoms with Gasteiger partial charge >= 0.3 is 39.7 Å². The van der Waals surface area contributed by atoms with E-state index >= 15 is 0 Å². The molecule has 244 valence electrons. The van der Waals surface area contributed by atoms with Crippen LogP contribution in [0, 0.1) is 6.07 Å². The average molecular weight is 845 g/mol. The van der Waals surface area contributed by atoms with Crippen LogP contribution in [-0.2, 0) is 30.5 Å². The van der Waals surface area contributed by atoms with Crippen LogP contribution in [0.4, 0.5) is 15.3 Å². The van der Waals surface area contributed by atoms with Gasteiger partial charge in [0.1, 0.15) is 11.1 Å². The predicted molar refractivity (Wildman–Crippen MR) is 179 cm³/mol. The van der Waals surface area contributed by atoms with Crippen LogP contribution in [-0.4, -0.2) is 39.7 Å². The zero-order valence-electron chi connectivity index (χ0n) is 25.2. The van der Waals surface area contributed by atoms with Gasteiger partial charge in [-0.3, -0.25) is 4.79 Å². The molecule has 0 spiro atoms. The molecule has 2 saturated carbocycles. The quantitative estimate of drug-likeness (QED) is 0.107. The monoisotopic (exact) mass is 844 g/mol. The maximum atomic E-state index is 12.4. The number of amides is 1. The summed E-state index contributed by atoms with van der Waals surface area (Å²) < 4.78 is 37.2. The minimum absolute atomic E-state index is 0.230. The number of carbonyl (C=O) groups is 1. The van der Waals surface area contributed by atoms with Gasteiger partial charge in [0.2, 0.25) is 5.91 Å². The Bertz CT molecular complexity index is 1390. The molecule has 0 saturated heterocycles. The third kappa shape index (κ3) is 11.8. The second-order valence-electron chi connectivity index (χ2n) is 11.3. The zero-order valence-corrected chi connectivity index (χ0v) is 29.9. The molecule has 0 bridgehead atoms. The Balaban J connectivity index is 0.000000229. The summed E-state index contributed by atoms with van der Waals surface area (Å²) in [5.41, 5.74) is 4.26. The van der Waals surface area contributed by atoms with Crippen molar-refractivity contribution in [1.82, 2.24) is 0 Å². The fraction of sp³-hybridized carbons (Fsp3) is 0.424. The molecule has 2 aliphatic rings. The van der Waals surface area contributed by atoms with Crippen LogP contribution in [0.1, 0.15) is 74.6 Å². The number of hydrogen-bond acceptors (Lipinski definition) is 5. The molecule has 3 aromatic rings. The fourth-order valence-corrected chi connectivity index (χ4v) is 11.0. The van der Waals surface area contributed by atoms with E-state index in [-0.39, 0.29) is 17.3 Å². The fourth-order valence-electron chi connectivity index (χ4n) is 6.19. The van der Waals surface area contributed by atoms with Crippen LogP contribution in [0.5, 0.6) is 5.75 Å². The molecule has 0 unspecified atom stereocenters. The van der Waals surface area contributed by atoms with Crippen molar-refractivity contribution in [3.8, 4) is 5.75 Å². The van der Waals surface area contributed by atoms with Gasteiger partial charge in [0.05, 0.1) is 17.0 Å². The van der Waals surface area contributed by atoms with Gasteiger partial charge < -0.3 is 14.4 Å². The minimum atomic E-state index is -5.09. The van der Waals surface area contributed by atoms with Gasteiger partial charge in [-0.1, -0.05) is 40.5 Å². The number of nitrogens with one attached hydrogen (secondary N) is 1. The predicted octanol–water partition coefficient (Wildman–Crippen LogP) is 8.28. The summed E-state index contributed by atoms with van der Waals surface area (Å²) >= 11 is 1.75. The molecule has 6 nitrogen and oxygen atoms in total. The van der Waals surface area contributed by atoms with E-state index in [2.05, 4.69) is 68.0 Å². The molecule has 3 aromatic carbocycles. The SMILES string of the molecule is CN(C)c1ccccc1[PH+](C1CCCCC1)C1CCCCC1.O=C(Nc1cccc(OS(=O)(=O)F)c1)c1cc[c-]cc1.[Cl][Au]. The van der Waals surface area contributed by atoms with Crippen molar-refractivity contribution < 1.29 is 41.3 Å². The Morgan fingerprint density at radius 1 is 0.909 bits per heavy atom. The van der Waals surface area contributed by atoms with Crippen molar-refractivity contribution in [1.29, 1.82) is 0 Å². The van der Waals surface area contributed by atoms with Crippen molar-refractivity contribution in [3.05, 3.63) is 84.4 Å². The number of para-hydroxylation sites is 1. The van der Waals surface area contributed by atoms with E-state index in [1.165, 1.54) is 94.2 Å². The van der Waals surface area contributed by atoms with Crippen molar-refractivity contribution in [3.63, 3.8) is 0 Å². The first-order valence-electron chi connectivity index (χ1n) is 15.0. The summed E-state index contributed by atoms with van der Waals surface area (Å²) in [6.07, 6.45) is 14.9. The summed E-state index contributed by atoms with van der Waals surface area (Å²) in [5.74, 6) is -0.619. The summed E-state index contributed by atoms with van der Waals surface area (Å²) in [6, 6.07) is 23.8. The van der Waals surface area contributed by atoms with E-state index in [1.54, 1.807) is 49.6 Å². The zero-order chi connectivity index (χ0) is 32.0. The normalized spacial score (nSPS) is 15.7. The number of carbonyl (C=O) groups excluding carboxylic acids is 1. The van der Waals surface area contributed by atoms with Crippen LogP contribution in [0.3, 0.4) is 0 Å². The second kappa shape index (κ2) is 18.9. The molecule has 0 aliphatic heterocycles. The van der Waals surface area contributed by atoms with Gasteiger partial charge in [-0.05, 0) is 75.6 Å². The first-order chi connectivity index (χ1) is 21.2. The number of benzene rings is 3. The van der Waals surface area contributed by atoms with Gasteiger partial charge in [-0.2, -0.15) is 38.7 Å². The van der Waals surface area contributed by atoms with Gasteiger partial charge in [-0.25, -0.2) is 0 Å². The van der Waals surface area contributed by atoms with E-state index in [4.69, 9.17) is 0 Å². The molecule has 0 heterocycles. The van der Waals surface area contributed by atoms with Gasteiger partial charge in [-0.15, -0.1) is 0 Å². The van der Waals surface area contributed by atoms with E-state index in [1.807, 2.05) is 0 Å². The van der Waals surface area contributed by atoms with Crippen LogP contribution < -0.4 is 19.7 Å². The maximum absolute atomic E-state index is 12.4. The molecule has 2 fully saturated rings. The Morgan fingerprint density at radius 3 is 2.02 bits per heavy atom. The molecule has 44 heavy (non-hydrogen) atoms. The summed E-state index contributed by atoms with van der Waals surface area (Å²) in [6.45, 7) is 0. The third-order valence-electron chi connectivity index (χ3n) is 8.05. The van der Waals surface area contributed by atoms with Gasteiger partial charge in [0, 0.05) is 33.8 Å². The van der Waals surface area contributed by atoms with Crippen molar-refractivity contribution in [2.24, 2.45) is 0 Å². The van der Waals surface area contributed by atoms with Gasteiger partial charge in [0.25, 0.3) is 0 Å².